The topological polar surface area (TPSA) is 9.23 Å². The summed E-state index contributed by atoms with van der Waals surface area (Å²) in [7, 11) is 0. The Kier molecular flexibility index (Phi) is 3.41. The molecule has 0 heterocycles. The fraction of sp³-hybridized carbons (Fsp3) is 1.00. The lowest BCUT2D eigenvalue weighted by Gasteiger charge is -2.19. The molecule has 0 saturated heterocycles. The van der Waals surface area contributed by atoms with Crippen molar-refractivity contribution in [3.63, 3.8) is 0 Å². The van der Waals surface area contributed by atoms with Crippen LogP contribution < -0.4 is 0 Å². The molecule has 0 aliphatic heterocycles. The van der Waals surface area contributed by atoms with Gasteiger partial charge in [-0.1, -0.05) is 23.2 Å². The highest BCUT2D eigenvalue weighted by molar-refractivity contribution is 6.47. The molecule has 0 aromatic rings. The molecular formula is C4H4Cl2F4O. The van der Waals surface area contributed by atoms with Crippen LogP contribution in [0.1, 0.15) is 6.92 Å². The van der Waals surface area contributed by atoms with Gasteiger partial charge in [0, 0.05) is 0 Å². The molecule has 0 saturated carbocycles. The van der Waals surface area contributed by atoms with Crippen LogP contribution >= 0.6 is 23.2 Å². The zero-order chi connectivity index (χ0) is 9.28. The van der Waals surface area contributed by atoms with E-state index in [1.807, 2.05) is 0 Å². The van der Waals surface area contributed by atoms with Crippen LogP contribution in [-0.2, 0) is 4.74 Å². The zero-order valence-corrected chi connectivity index (χ0v) is 6.77. The lowest BCUT2D eigenvalue weighted by atomic mass is 10.4. The van der Waals surface area contributed by atoms with Crippen molar-refractivity contribution in [3.05, 3.63) is 0 Å². The van der Waals surface area contributed by atoms with E-state index in [1.54, 1.807) is 0 Å². The van der Waals surface area contributed by atoms with E-state index in [0.717, 1.165) is 6.92 Å². The Morgan fingerprint density at radius 3 is 1.64 bits per heavy atom. The minimum absolute atomic E-state index is 0.771. The molecule has 0 bridgehead atoms. The summed E-state index contributed by atoms with van der Waals surface area (Å²) in [5.41, 5.74) is 0. The molecule has 7 heteroatoms. The molecule has 0 aliphatic carbocycles. The maximum atomic E-state index is 12.2. The lowest BCUT2D eigenvalue weighted by molar-refractivity contribution is -0.345. The van der Waals surface area contributed by atoms with Gasteiger partial charge in [0.15, 0.2) is 0 Å². The Labute approximate surface area is 70.2 Å². The Bertz CT molecular complexity index is 129. The Balaban J connectivity index is 3.99. The van der Waals surface area contributed by atoms with Crippen LogP contribution in [0.3, 0.4) is 0 Å². The van der Waals surface area contributed by atoms with E-state index < -0.39 is 17.1 Å². The SMILES string of the molecule is CC(OC(F)(F)F)C(F)(Cl)Cl. The van der Waals surface area contributed by atoms with Crippen molar-refractivity contribution < 1.29 is 22.3 Å². The molecule has 11 heavy (non-hydrogen) atoms. The second kappa shape index (κ2) is 3.33. The molecule has 1 atom stereocenters. The fourth-order valence-corrected chi connectivity index (χ4v) is 0.356. The largest absolute Gasteiger partial charge is 0.522 e. The van der Waals surface area contributed by atoms with Crippen LogP contribution in [0.25, 0.3) is 0 Å². The van der Waals surface area contributed by atoms with Crippen molar-refractivity contribution in [2.75, 3.05) is 0 Å². The predicted molar refractivity (Wildman–Crippen MR) is 32.1 cm³/mol. The van der Waals surface area contributed by atoms with Crippen LogP contribution in [0, 0.1) is 0 Å². The summed E-state index contributed by atoms with van der Waals surface area (Å²) in [4.78, 5) is 0. The second-order valence-electron chi connectivity index (χ2n) is 1.75. The first-order valence-corrected chi connectivity index (χ1v) is 3.20. The Morgan fingerprint density at radius 2 is 1.55 bits per heavy atom. The number of halogens is 6. The molecule has 0 fully saturated rings. The third-order valence-electron chi connectivity index (χ3n) is 0.771. The Morgan fingerprint density at radius 1 is 1.18 bits per heavy atom. The van der Waals surface area contributed by atoms with Gasteiger partial charge in [-0.05, 0) is 6.92 Å². The maximum Gasteiger partial charge on any atom is 0.522 e. The summed E-state index contributed by atoms with van der Waals surface area (Å²) in [6.45, 7) is 0.771. The summed E-state index contributed by atoms with van der Waals surface area (Å²) in [5.74, 6) is 0. The van der Waals surface area contributed by atoms with Crippen LogP contribution in [0.5, 0.6) is 0 Å². The molecule has 0 amide bonds. The van der Waals surface area contributed by atoms with Crippen LogP contribution in [0.4, 0.5) is 17.6 Å². The standard InChI is InChI=1S/C4H4Cl2F4O/c1-2(3(5,6)7)11-4(8,9)10/h2H,1H3. The highest BCUT2D eigenvalue weighted by atomic mass is 35.5. The summed E-state index contributed by atoms with van der Waals surface area (Å²) in [6.07, 6.45) is -6.88. The van der Waals surface area contributed by atoms with Gasteiger partial charge in [-0.25, -0.2) is 4.39 Å². The molecule has 0 aromatic heterocycles. The number of alkyl halides is 6. The summed E-state index contributed by atoms with van der Waals surface area (Å²) in [5, 5.41) is 0. The number of ether oxygens (including phenoxy) is 1. The van der Waals surface area contributed by atoms with Gasteiger partial charge in [-0.3, -0.25) is 4.74 Å². The van der Waals surface area contributed by atoms with Gasteiger partial charge in [0.1, 0.15) is 6.10 Å². The van der Waals surface area contributed by atoms with Crippen molar-refractivity contribution in [2.45, 2.75) is 24.0 Å². The first kappa shape index (κ1) is 11.3. The maximum absolute atomic E-state index is 12.2. The third-order valence-corrected chi connectivity index (χ3v) is 1.39. The predicted octanol–water partition coefficient (Wildman–Crippen LogP) is 3.01. The normalized spacial score (nSPS) is 16.6. The summed E-state index contributed by atoms with van der Waals surface area (Å²) >= 11 is 9.33. The van der Waals surface area contributed by atoms with Gasteiger partial charge in [-0.2, -0.15) is 0 Å². The van der Waals surface area contributed by atoms with E-state index >= 15 is 0 Å². The number of hydrogen-bond acceptors (Lipinski definition) is 1. The van der Waals surface area contributed by atoms with E-state index in [0.29, 0.717) is 0 Å². The number of hydrogen-bond donors (Lipinski definition) is 0. The highest BCUT2D eigenvalue weighted by Crippen LogP contribution is 2.32. The van der Waals surface area contributed by atoms with Gasteiger partial charge in [-0.15, -0.1) is 13.2 Å². The average Bonchev–Trinajstić information content (AvgIpc) is 1.56. The van der Waals surface area contributed by atoms with Crippen LogP contribution in [0.2, 0.25) is 0 Å². The number of rotatable bonds is 2. The molecular weight excluding hydrogens is 211 g/mol. The minimum Gasteiger partial charge on any atom is -0.283 e. The van der Waals surface area contributed by atoms with Crippen molar-refractivity contribution in [2.24, 2.45) is 0 Å². The summed E-state index contributed by atoms with van der Waals surface area (Å²) < 4.78 is 46.3. The first-order chi connectivity index (χ1) is 4.63. The summed E-state index contributed by atoms with van der Waals surface area (Å²) in [6, 6.07) is 0. The smallest absolute Gasteiger partial charge is 0.283 e. The van der Waals surface area contributed by atoms with E-state index in [-0.39, 0.29) is 0 Å². The molecule has 0 rings (SSSR count). The van der Waals surface area contributed by atoms with E-state index in [2.05, 4.69) is 27.9 Å². The fourth-order valence-electron chi connectivity index (χ4n) is 0.267. The van der Waals surface area contributed by atoms with E-state index in [1.165, 1.54) is 0 Å². The van der Waals surface area contributed by atoms with Crippen LogP contribution in [0.15, 0.2) is 0 Å². The molecule has 68 valence electrons. The second-order valence-corrected chi connectivity index (χ2v) is 3.04. The average molecular weight is 215 g/mol. The quantitative estimate of drug-likeness (QED) is 0.508. The monoisotopic (exact) mass is 214 g/mol. The zero-order valence-electron chi connectivity index (χ0n) is 5.25. The molecule has 0 N–H and O–H groups in total. The van der Waals surface area contributed by atoms with Crippen molar-refractivity contribution in [1.29, 1.82) is 0 Å². The molecule has 1 unspecified atom stereocenters. The Hall–Kier alpha value is 0.260. The molecule has 0 aromatic carbocycles. The lowest BCUT2D eigenvalue weighted by Crippen LogP contribution is -2.32. The van der Waals surface area contributed by atoms with Gasteiger partial charge >= 0.3 is 6.36 Å². The van der Waals surface area contributed by atoms with Crippen molar-refractivity contribution in [1.82, 2.24) is 0 Å². The van der Waals surface area contributed by atoms with E-state index in [9.17, 15) is 17.6 Å². The van der Waals surface area contributed by atoms with Gasteiger partial charge in [0.25, 0.3) is 4.59 Å². The molecule has 1 nitrogen and oxygen atoms in total. The van der Waals surface area contributed by atoms with Gasteiger partial charge < -0.3 is 0 Å². The van der Waals surface area contributed by atoms with Crippen molar-refractivity contribution in [3.8, 4) is 0 Å². The minimum atomic E-state index is -4.93. The molecule has 0 spiro atoms. The van der Waals surface area contributed by atoms with Crippen LogP contribution in [-0.4, -0.2) is 17.1 Å². The highest BCUT2D eigenvalue weighted by Gasteiger charge is 2.41. The third kappa shape index (κ3) is 5.52. The molecule has 0 radical (unpaired) electrons. The molecule has 0 aliphatic rings. The van der Waals surface area contributed by atoms with E-state index in [4.69, 9.17) is 0 Å². The van der Waals surface area contributed by atoms with Gasteiger partial charge in [0.2, 0.25) is 0 Å². The van der Waals surface area contributed by atoms with Crippen molar-refractivity contribution >= 4 is 23.2 Å². The first-order valence-electron chi connectivity index (χ1n) is 2.44. The van der Waals surface area contributed by atoms with Gasteiger partial charge in [0.05, 0.1) is 0 Å².